The number of halogens is 2. The minimum Gasteiger partial charge on any atom is -0.383 e. The molecular weight excluding hydrogens is 415 g/mol. The fourth-order valence-electron chi connectivity index (χ4n) is 3.47. The summed E-state index contributed by atoms with van der Waals surface area (Å²) >= 11 is 6.23. The number of aryl methyl sites for hydroxylation is 1. The second-order valence-electron chi connectivity index (χ2n) is 7.57. The highest BCUT2D eigenvalue weighted by Gasteiger charge is 2.19. The molecule has 0 saturated carbocycles. The zero-order valence-electron chi connectivity index (χ0n) is 17.5. The largest absolute Gasteiger partial charge is 0.383 e. The lowest BCUT2D eigenvalue weighted by Crippen LogP contribution is -2.10. The Bertz CT molecular complexity index is 1230. The van der Waals surface area contributed by atoms with Crippen LogP contribution in [-0.4, -0.2) is 38.7 Å². The number of nitrogens with two attached hydrogens (primary N) is 1. The molecule has 4 aromatic rings. The Balaban J connectivity index is 1.80. The van der Waals surface area contributed by atoms with Crippen molar-refractivity contribution >= 4 is 17.4 Å². The van der Waals surface area contributed by atoms with E-state index in [2.05, 4.69) is 44.3 Å². The van der Waals surface area contributed by atoms with Gasteiger partial charge in [0.25, 0.3) is 0 Å². The molecule has 0 atom stereocenters. The maximum Gasteiger partial charge on any atom is 0.172 e. The number of anilines is 1. The van der Waals surface area contributed by atoms with E-state index in [0.717, 1.165) is 17.7 Å². The van der Waals surface area contributed by atoms with Gasteiger partial charge in [0.05, 0.1) is 11.3 Å². The predicted octanol–water partition coefficient (Wildman–Crippen LogP) is 4.74. The number of pyridine rings is 1. The van der Waals surface area contributed by atoms with Gasteiger partial charge in [-0.25, -0.2) is 9.37 Å². The van der Waals surface area contributed by atoms with Gasteiger partial charge in [-0.05, 0) is 50.3 Å². The van der Waals surface area contributed by atoms with Crippen LogP contribution < -0.4 is 5.73 Å². The van der Waals surface area contributed by atoms with Crippen LogP contribution in [0.4, 0.5) is 10.2 Å². The first-order valence-corrected chi connectivity index (χ1v) is 10.1. The van der Waals surface area contributed by atoms with Gasteiger partial charge in [0.1, 0.15) is 22.5 Å². The standard InChI is InChI=1S/C23H22ClFN6/c1-14-28-29-23(31(14)20-6-4-5-19(25)21(20)24)18-11-17(12-27-22(18)26)16-9-7-15(8-10-16)13-30(2)3/h4-12H,13H2,1-3H3,(H2,26,27). The van der Waals surface area contributed by atoms with Crippen molar-refractivity contribution in [2.75, 3.05) is 19.8 Å². The van der Waals surface area contributed by atoms with Crippen LogP contribution in [0, 0.1) is 12.7 Å². The van der Waals surface area contributed by atoms with E-state index in [0.29, 0.717) is 28.7 Å². The predicted molar refractivity (Wildman–Crippen MR) is 122 cm³/mol. The lowest BCUT2D eigenvalue weighted by atomic mass is 10.0. The van der Waals surface area contributed by atoms with E-state index in [-0.39, 0.29) is 5.02 Å². The smallest absolute Gasteiger partial charge is 0.172 e. The fraction of sp³-hybridized carbons (Fsp3) is 0.174. The topological polar surface area (TPSA) is 72.9 Å². The van der Waals surface area contributed by atoms with Crippen LogP contribution in [-0.2, 0) is 6.54 Å². The van der Waals surface area contributed by atoms with Gasteiger partial charge in [-0.15, -0.1) is 10.2 Å². The summed E-state index contributed by atoms with van der Waals surface area (Å²) in [5, 5.41) is 8.44. The number of nitrogen functional groups attached to an aromatic ring is 1. The first kappa shape index (κ1) is 21.0. The summed E-state index contributed by atoms with van der Waals surface area (Å²) in [5.74, 6) is 0.784. The van der Waals surface area contributed by atoms with E-state index in [1.165, 1.54) is 11.6 Å². The number of hydrogen-bond acceptors (Lipinski definition) is 5. The lowest BCUT2D eigenvalue weighted by molar-refractivity contribution is 0.402. The Kier molecular flexibility index (Phi) is 5.71. The summed E-state index contributed by atoms with van der Waals surface area (Å²) in [4.78, 5) is 6.48. The Morgan fingerprint density at radius 1 is 1.06 bits per heavy atom. The van der Waals surface area contributed by atoms with Crippen LogP contribution in [0.5, 0.6) is 0 Å². The highest BCUT2D eigenvalue weighted by Crippen LogP contribution is 2.33. The molecule has 2 heterocycles. The van der Waals surface area contributed by atoms with E-state index in [1.807, 2.05) is 20.2 Å². The van der Waals surface area contributed by atoms with Crippen molar-refractivity contribution < 1.29 is 4.39 Å². The highest BCUT2D eigenvalue weighted by molar-refractivity contribution is 6.32. The lowest BCUT2D eigenvalue weighted by Gasteiger charge is -2.13. The molecule has 2 aromatic heterocycles. The van der Waals surface area contributed by atoms with Gasteiger partial charge in [0.15, 0.2) is 5.82 Å². The second-order valence-corrected chi connectivity index (χ2v) is 7.95. The molecular formula is C23H22ClFN6. The van der Waals surface area contributed by atoms with E-state index in [1.54, 1.807) is 29.8 Å². The molecule has 31 heavy (non-hydrogen) atoms. The molecule has 0 radical (unpaired) electrons. The maximum atomic E-state index is 14.1. The van der Waals surface area contributed by atoms with Crippen molar-refractivity contribution in [2.24, 2.45) is 0 Å². The first-order valence-electron chi connectivity index (χ1n) is 9.71. The highest BCUT2D eigenvalue weighted by atomic mass is 35.5. The van der Waals surface area contributed by atoms with Crippen LogP contribution >= 0.6 is 11.6 Å². The molecule has 0 spiro atoms. The molecule has 2 N–H and O–H groups in total. The second kappa shape index (κ2) is 8.45. The molecule has 8 heteroatoms. The van der Waals surface area contributed by atoms with Crippen molar-refractivity contribution in [3.8, 4) is 28.2 Å². The van der Waals surface area contributed by atoms with E-state index in [9.17, 15) is 4.39 Å². The van der Waals surface area contributed by atoms with E-state index >= 15 is 0 Å². The summed E-state index contributed by atoms with van der Waals surface area (Å²) in [7, 11) is 4.07. The van der Waals surface area contributed by atoms with Crippen LogP contribution in [0.1, 0.15) is 11.4 Å². The molecule has 0 amide bonds. The molecule has 0 saturated heterocycles. The SMILES string of the molecule is Cc1nnc(-c2cc(-c3ccc(CN(C)C)cc3)cnc2N)n1-c1cccc(F)c1Cl. The summed E-state index contributed by atoms with van der Waals surface area (Å²) in [6.45, 7) is 2.64. The van der Waals surface area contributed by atoms with Crippen LogP contribution in [0.15, 0.2) is 54.7 Å². The average molecular weight is 437 g/mol. The average Bonchev–Trinajstić information content (AvgIpc) is 3.12. The summed E-state index contributed by atoms with van der Waals surface area (Å²) in [5.41, 5.74) is 10.3. The van der Waals surface area contributed by atoms with Crippen molar-refractivity contribution in [3.05, 3.63) is 77.0 Å². The summed E-state index contributed by atoms with van der Waals surface area (Å²) in [6, 6.07) is 14.8. The van der Waals surface area contributed by atoms with Crippen LogP contribution in [0.2, 0.25) is 5.02 Å². The molecule has 0 bridgehead atoms. The third-order valence-corrected chi connectivity index (χ3v) is 5.32. The summed E-state index contributed by atoms with van der Waals surface area (Å²) in [6.07, 6.45) is 1.72. The molecule has 158 valence electrons. The zero-order chi connectivity index (χ0) is 22.1. The van der Waals surface area contributed by atoms with Crippen molar-refractivity contribution in [1.29, 1.82) is 0 Å². The summed E-state index contributed by atoms with van der Waals surface area (Å²) < 4.78 is 15.8. The Labute approximate surface area is 185 Å². The quantitative estimate of drug-likeness (QED) is 0.489. The Hall–Kier alpha value is -3.29. The van der Waals surface area contributed by atoms with Crippen molar-refractivity contribution in [2.45, 2.75) is 13.5 Å². The number of benzene rings is 2. The van der Waals surface area contributed by atoms with E-state index in [4.69, 9.17) is 17.3 Å². The van der Waals surface area contributed by atoms with Gasteiger partial charge in [0.2, 0.25) is 0 Å². The number of aromatic nitrogens is 4. The molecule has 0 fully saturated rings. The third kappa shape index (κ3) is 4.15. The molecule has 0 aliphatic carbocycles. The van der Waals surface area contributed by atoms with Gasteiger partial charge < -0.3 is 10.6 Å². The third-order valence-electron chi connectivity index (χ3n) is 4.94. The molecule has 4 rings (SSSR count). The van der Waals surface area contributed by atoms with Crippen molar-refractivity contribution in [3.63, 3.8) is 0 Å². The number of rotatable bonds is 5. The normalized spacial score (nSPS) is 11.3. The monoisotopic (exact) mass is 436 g/mol. The van der Waals surface area contributed by atoms with Crippen LogP contribution in [0.3, 0.4) is 0 Å². The first-order chi connectivity index (χ1) is 14.8. The van der Waals surface area contributed by atoms with Gasteiger partial charge in [-0.1, -0.05) is 41.9 Å². The molecule has 0 unspecified atom stereocenters. The van der Waals surface area contributed by atoms with Gasteiger partial charge in [0, 0.05) is 18.3 Å². The molecule has 0 aliphatic rings. The number of hydrogen-bond donors (Lipinski definition) is 1. The Morgan fingerprint density at radius 2 is 1.81 bits per heavy atom. The Morgan fingerprint density at radius 3 is 2.52 bits per heavy atom. The molecule has 6 nitrogen and oxygen atoms in total. The number of nitrogens with zero attached hydrogens (tertiary/aromatic N) is 5. The zero-order valence-corrected chi connectivity index (χ0v) is 18.2. The minimum atomic E-state index is -0.518. The fourth-order valence-corrected chi connectivity index (χ4v) is 3.68. The van der Waals surface area contributed by atoms with Crippen LogP contribution in [0.25, 0.3) is 28.2 Å². The molecule has 2 aromatic carbocycles. The van der Waals surface area contributed by atoms with Gasteiger partial charge >= 0.3 is 0 Å². The van der Waals surface area contributed by atoms with E-state index < -0.39 is 5.82 Å². The minimum absolute atomic E-state index is 0.00850. The van der Waals surface area contributed by atoms with Gasteiger partial charge in [-0.3, -0.25) is 4.57 Å². The molecule has 0 aliphatic heterocycles. The van der Waals surface area contributed by atoms with Crippen molar-refractivity contribution in [1.82, 2.24) is 24.6 Å². The maximum absolute atomic E-state index is 14.1. The van der Waals surface area contributed by atoms with Gasteiger partial charge in [-0.2, -0.15) is 0 Å².